The first-order chi connectivity index (χ1) is 36.6. The largest absolute Gasteiger partial charge is 0.378 e. The highest BCUT2D eigenvalue weighted by Crippen LogP contribution is 2.28. The molecule has 0 bridgehead atoms. The van der Waals surface area contributed by atoms with Gasteiger partial charge in [0.05, 0.1) is 48.7 Å². The average molecular weight is 1100 g/mol. The number of benzene rings is 2. The van der Waals surface area contributed by atoms with E-state index in [2.05, 4.69) is 84.6 Å². The van der Waals surface area contributed by atoms with Gasteiger partial charge in [-0.3, -0.25) is 15.0 Å². The van der Waals surface area contributed by atoms with Gasteiger partial charge in [-0.25, -0.2) is 29.9 Å². The number of pyridine rings is 3. The van der Waals surface area contributed by atoms with Gasteiger partial charge in [-0.2, -0.15) is 0 Å². The summed E-state index contributed by atoms with van der Waals surface area (Å²) in [6.45, 7) is 10.9. The second kappa shape index (κ2) is 33.0. The molecule has 8 heterocycles. The summed E-state index contributed by atoms with van der Waals surface area (Å²) < 4.78 is 10.7. The van der Waals surface area contributed by atoms with Gasteiger partial charge in [0.1, 0.15) is 26.9 Å². The first-order valence-corrected chi connectivity index (χ1v) is 25.6. The summed E-state index contributed by atoms with van der Waals surface area (Å²) in [5.41, 5.74) is 30.2. The van der Waals surface area contributed by atoms with Crippen molar-refractivity contribution in [1.82, 2.24) is 44.9 Å². The minimum absolute atomic E-state index is 0. The molecule has 10 rings (SSSR count). The summed E-state index contributed by atoms with van der Waals surface area (Å²) in [4.78, 5) is 42.7. The van der Waals surface area contributed by atoms with Crippen LogP contribution in [0, 0.1) is 0 Å². The molecule has 6 aromatic heterocycles. The summed E-state index contributed by atoms with van der Waals surface area (Å²) in [7, 11) is 0. The van der Waals surface area contributed by atoms with Gasteiger partial charge in [0.15, 0.2) is 23.1 Å². The van der Waals surface area contributed by atoms with E-state index >= 15 is 0 Å². The molecular weight excluding hydrogens is 1030 g/mol. The van der Waals surface area contributed by atoms with Crippen molar-refractivity contribution >= 4 is 90.9 Å². The molecule has 0 aliphatic carbocycles. The monoisotopic (exact) mass is 1100 g/mol. The van der Waals surface area contributed by atoms with Crippen molar-refractivity contribution < 1.29 is 19.7 Å². The number of nitrogens with two attached hydrogens (primary N) is 4. The van der Waals surface area contributed by atoms with E-state index in [1.807, 2.05) is 18.2 Å². The number of nitrogens with one attached hydrogen (secondary N) is 2. The Labute approximate surface area is 457 Å². The van der Waals surface area contributed by atoms with Crippen molar-refractivity contribution in [1.29, 1.82) is 0 Å². The summed E-state index contributed by atoms with van der Waals surface area (Å²) in [5, 5.41) is 25.4. The number of anilines is 4. The van der Waals surface area contributed by atoms with E-state index in [0.29, 0.717) is 45.8 Å². The Balaban J connectivity index is 0.000000189. The molecule has 24 heteroatoms. The maximum atomic E-state index is 8.95. The highest BCUT2D eigenvalue weighted by molar-refractivity contribution is 6.36. The lowest BCUT2D eigenvalue weighted by Gasteiger charge is -2.28. The van der Waals surface area contributed by atoms with Gasteiger partial charge < -0.3 is 63.1 Å². The lowest BCUT2D eigenvalue weighted by atomic mass is 10.1. The van der Waals surface area contributed by atoms with Crippen molar-refractivity contribution in [2.45, 2.75) is 33.0 Å². The molecular formula is C52H68Cl3N17O4. The van der Waals surface area contributed by atoms with Crippen LogP contribution in [-0.2, 0) is 9.47 Å². The second-order valence-corrected chi connectivity index (χ2v) is 17.6. The maximum Gasteiger partial charge on any atom is 0.178 e. The molecule has 0 spiro atoms. The minimum Gasteiger partial charge on any atom is -0.378 e. The van der Waals surface area contributed by atoms with Gasteiger partial charge in [0.2, 0.25) is 0 Å². The van der Waals surface area contributed by atoms with Gasteiger partial charge >= 0.3 is 0 Å². The average Bonchev–Trinajstić information content (AvgIpc) is 3.45. The molecule has 0 radical (unpaired) electrons. The second-order valence-electron chi connectivity index (χ2n) is 16.4. The predicted octanol–water partition coefficient (Wildman–Crippen LogP) is 6.50. The molecule has 0 amide bonds. The topological polar surface area (TPSA) is 310 Å². The van der Waals surface area contributed by atoms with E-state index in [-0.39, 0.29) is 12.6 Å². The number of hydrogen-bond acceptors (Lipinski definition) is 21. The number of fused-ring (bicyclic) bond motifs is 3. The zero-order chi connectivity index (χ0) is 53.2. The van der Waals surface area contributed by atoms with Crippen LogP contribution in [0.15, 0.2) is 104 Å². The zero-order valence-corrected chi connectivity index (χ0v) is 43.8. The summed E-state index contributed by atoms with van der Waals surface area (Å²) in [6.07, 6.45) is 11.1. The molecule has 2 aliphatic rings. The van der Waals surface area contributed by atoms with E-state index in [0.717, 1.165) is 143 Å². The fraction of sp³-hybridized carbons (Fsp3) is 0.365. The molecule has 76 heavy (non-hydrogen) atoms. The van der Waals surface area contributed by atoms with Crippen molar-refractivity contribution in [3.63, 3.8) is 0 Å². The van der Waals surface area contributed by atoms with E-state index in [1.54, 1.807) is 61.4 Å². The van der Waals surface area contributed by atoms with E-state index in [9.17, 15) is 0 Å². The summed E-state index contributed by atoms with van der Waals surface area (Å²) >= 11 is 17.3. The molecule has 0 atom stereocenters. The quantitative estimate of drug-likeness (QED) is 0.0327. The summed E-state index contributed by atoms with van der Waals surface area (Å²) in [5.74, 6) is 1.41. The van der Waals surface area contributed by atoms with Crippen molar-refractivity contribution in [2.24, 2.45) is 22.9 Å². The van der Waals surface area contributed by atoms with E-state index in [4.69, 9.17) is 82.4 Å². The third-order valence-electron chi connectivity index (χ3n) is 11.1. The number of halogens is 3. The maximum absolute atomic E-state index is 8.95. The van der Waals surface area contributed by atoms with Crippen LogP contribution in [0.25, 0.3) is 44.4 Å². The first-order valence-electron chi connectivity index (χ1n) is 24.4. The molecule has 0 unspecified atom stereocenters. The zero-order valence-electron chi connectivity index (χ0n) is 41.5. The Morgan fingerprint density at radius 1 is 0.513 bits per heavy atom. The smallest absolute Gasteiger partial charge is 0.178 e. The van der Waals surface area contributed by atoms with Crippen LogP contribution < -0.4 is 43.4 Å². The number of aliphatic hydroxyl groups excluding tert-OH is 1. The number of aliphatic hydroxyl groups is 2. The van der Waals surface area contributed by atoms with Crippen molar-refractivity contribution in [3.8, 4) is 11.3 Å². The molecule has 0 saturated carbocycles. The van der Waals surface area contributed by atoms with E-state index < -0.39 is 6.29 Å². The molecule has 12 N–H and O–H groups in total. The molecule has 2 saturated heterocycles. The predicted molar refractivity (Wildman–Crippen MR) is 306 cm³/mol. The van der Waals surface area contributed by atoms with Crippen LogP contribution in [-0.4, -0.2) is 147 Å². The fourth-order valence-electron chi connectivity index (χ4n) is 7.29. The molecule has 2 aliphatic heterocycles. The Kier molecular flexibility index (Phi) is 26.2. The van der Waals surface area contributed by atoms with Crippen LogP contribution in [0.1, 0.15) is 38.5 Å². The van der Waals surface area contributed by atoms with Crippen LogP contribution in [0.5, 0.6) is 0 Å². The van der Waals surface area contributed by atoms with Gasteiger partial charge in [-0.1, -0.05) is 66.5 Å². The normalized spacial score (nSPS) is 13.0. The van der Waals surface area contributed by atoms with Crippen LogP contribution in [0.2, 0.25) is 15.5 Å². The summed E-state index contributed by atoms with van der Waals surface area (Å²) in [6, 6.07) is 21.1. The van der Waals surface area contributed by atoms with Gasteiger partial charge in [-0.05, 0) is 75.8 Å². The van der Waals surface area contributed by atoms with Gasteiger partial charge in [0, 0.05) is 111 Å². The van der Waals surface area contributed by atoms with Gasteiger partial charge in [0.25, 0.3) is 0 Å². The number of aromatic nitrogens is 9. The lowest BCUT2D eigenvalue weighted by molar-refractivity contribution is -0.0424. The standard InChI is InChI=1S/C20H24N6O.C11H15NO3.C10H12ClN5.C7H3Cl2N3.C3H10N2.CH4/c21-6-1-7-24-20-19-18(22-8-9-23-19)14-17(25-20)15-2-4-16(5-3-15)26-10-12-27-13-11-26;13-11(14)9-1-3-10(4-2-9)12-5-7-15-8-6-12;11-8-6-7-9(14-5-4-13-7)10(16-8)15-3-1-2-12;8-5-3-4-6(7(9)12-5)11-2-1-10-4;4-2-1-3-5;/h2-5,8-9,14H,1,6-7,10-13,21H2,(H,24,25);1-4,11,13-14H,5-8H2;4-6H,1-3,12H2,(H,15,16);1-3H;1-5H2;1H4. The SMILES string of the molecule is C.Clc1cc2nccnc2c(Cl)n1.NCCCN.NCCCNc1nc(-c2ccc(N3CCOCC3)cc2)cc2nccnc12.NCCCNc1nc(Cl)cc2nccnc12.OC(O)c1ccc(N2CCOCC2)cc1. The highest BCUT2D eigenvalue weighted by Gasteiger charge is 2.15. The third kappa shape index (κ3) is 18.7. The number of rotatable bonds is 14. The van der Waals surface area contributed by atoms with Crippen LogP contribution in [0.3, 0.4) is 0 Å². The number of ether oxygens (including phenoxy) is 2. The third-order valence-corrected chi connectivity index (χ3v) is 11.8. The van der Waals surface area contributed by atoms with Crippen LogP contribution in [0.4, 0.5) is 23.0 Å². The number of morpholine rings is 2. The lowest BCUT2D eigenvalue weighted by Crippen LogP contribution is -2.36. The van der Waals surface area contributed by atoms with Crippen LogP contribution >= 0.6 is 34.8 Å². The Hall–Kier alpha value is -6.34. The Morgan fingerprint density at radius 3 is 1.38 bits per heavy atom. The molecule has 406 valence electrons. The first kappa shape index (κ1) is 60.5. The molecule has 2 aromatic carbocycles. The molecule has 2 fully saturated rings. The number of hydrogen-bond donors (Lipinski definition) is 8. The molecule has 21 nitrogen and oxygen atoms in total. The minimum atomic E-state index is -1.39. The Morgan fingerprint density at radius 2 is 0.921 bits per heavy atom. The van der Waals surface area contributed by atoms with Gasteiger partial charge in [-0.15, -0.1) is 0 Å². The number of nitrogens with zero attached hydrogens (tertiary/aromatic N) is 11. The van der Waals surface area contributed by atoms with Crippen molar-refractivity contribution in [3.05, 3.63) is 125 Å². The molecule has 8 aromatic rings. The highest BCUT2D eigenvalue weighted by atomic mass is 35.5. The fourth-order valence-corrected chi connectivity index (χ4v) is 7.95. The van der Waals surface area contributed by atoms with Crippen molar-refractivity contribution in [2.75, 3.05) is 112 Å². The van der Waals surface area contributed by atoms with E-state index in [1.165, 1.54) is 5.69 Å². The Bertz CT molecular complexity index is 2940.